The Labute approximate surface area is 86.3 Å². The van der Waals surface area contributed by atoms with Gasteiger partial charge in [0.05, 0.1) is 6.26 Å². The van der Waals surface area contributed by atoms with Crippen LogP contribution in [-0.2, 0) is 13.9 Å². The van der Waals surface area contributed by atoms with Gasteiger partial charge in [-0.1, -0.05) is 0 Å². The van der Waals surface area contributed by atoms with E-state index in [9.17, 15) is 4.57 Å². The predicted molar refractivity (Wildman–Crippen MR) is 50.4 cm³/mol. The van der Waals surface area contributed by atoms with E-state index in [0.29, 0.717) is 0 Å². The van der Waals surface area contributed by atoms with Crippen LogP contribution in [0.2, 0.25) is 0 Å². The summed E-state index contributed by atoms with van der Waals surface area (Å²) in [6.07, 6.45) is 2.50. The van der Waals surface area contributed by atoms with E-state index in [2.05, 4.69) is 15.0 Å². The maximum Gasteiger partial charge on any atom is 0.546 e. The molecule has 0 aromatic heterocycles. The molecule has 0 saturated carbocycles. The molecule has 0 amide bonds. The molecule has 0 saturated heterocycles. The molecule has 1 heterocycles. The van der Waals surface area contributed by atoms with Gasteiger partial charge in [0.1, 0.15) is 0 Å². The molecule has 0 aromatic rings. The van der Waals surface area contributed by atoms with E-state index in [0.717, 1.165) is 11.1 Å². The first-order valence-electron chi connectivity index (χ1n) is 4.04. The van der Waals surface area contributed by atoms with Gasteiger partial charge in [0.15, 0.2) is 0 Å². The highest BCUT2D eigenvalue weighted by molar-refractivity contribution is 7.46. The highest BCUT2D eigenvalue weighted by atomic mass is 31.2. The number of allylic oxidation sites excluding steroid dienone is 2. The molecule has 0 aliphatic carbocycles. The first-order chi connectivity index (χ1) is 6.90. The molecule has 15 heavy (non-hydrogen) atoms. The van der Waals surface area contributed by atoms with Crippen LogP contribution < -0.4 is 0 Å². The lowest BCUT2D eigenvalue weighted by molar-refractivity contribution is 0.137. The van der Waals surface area contributed by atoms with Gasteiger partial charge in [-0.05, 0) is 31.1 Å². The summed E-state index contributed by atoms with van der Waals surface area (Å²) in [5.74, 6) is 0. The summed E-state index contributed by atoms with van der Waals surface area (Å²) in [5, 5.41) is 6.40. The Hall–Kier alpha value is -1.17. The maximum absolute atomic E-state index is 10.3. The van der Waals surface area contributed by atoms with Crippen molar-refractivity contribution in [1.29, 1.82) is 0 Å². The number of hydrogen-bond donors (Lipinski definition) is 2. The van der Waals surface area contributed by atoms with Crippen LogP contribution in [0.5, 0.6) is 0 Å². The number of phosphoric acid groups is 1. The molecular formula is C7H11N2O5P. The van der Waals surface area contributed by atoms with E-state index < -0.39 is 14.1 Å². The Balaban J connectivity index is 2.61. The number of nitrogens with zero attached hydrogens (tertiary/aromatic N) is 2. The predicted octanol–water partition coefficient (Wildman–Crippen LogP) is 1.67. The molecule has 1 aliphatic rings. The first-order valence-corrected chi connectivity index (χ1v) is 5.57. The summed E-state index contributed by atoms with van der Waals surface area (Å²) >= 11 is 0. The van der Waals surface area contributed by atoms with Crippen LogP contribution in [0.1, 0.15) is 13.8 Å². The van der Waals surface area contributed by atoms with Gasteiger partial charge < -0.3 is 4.74 Å². The van der Waals surface area contributed by atoms with Crippen LogP contribution in [0.3, 0.4) is 0 Å². The molecule has 0 fully saturated rings. The molecule has 0 radical (unpaired) electrons. The van der Waals surface area contributed by atoms with E-state index in [1.165, 1.54) is 6.26 Å². The Morgan fingerprint density at radius 2 is 2.20 bits per heavy atom. The molecule has 0 aromatic carbocycles. The SMILES string of the molecule is CC1=C(C)C(/N=N/OP(=O)(O)O)OC=C1. The van der Waals surface area contributed by atoms with Crippen LogP contribution in [0.4, 0.5) is 0 Å². The third-order valence-electron chi connectivity index (χ3n) is 1.81. The summed E-state index contributed by atoms with van der Waals surface area (Å²) in [4.78, 5) is 16.7. The Morgan fingerprint density at radius 1 is 1.53 bits per heavy atom. The number of ether oxygens (including phenoxy) is 1. The zero-order valence-electron chi connectivity index (χ0n) is 8.19. The fourth-order valence-corrected chi connectivity index (χ4v) is 1.01. The van der Waals surface area contributed by atoms with Crippen molar-refractivity contribution in [3.63, 3.8) is 0 Å². The van der Waals surface area contributed by atoms with Gasteiger partial charge in [0.25, 0.3) is 0 Å². The van der Waals surface area contributed by atoms with Crippen molar-refractivity contribution < 1.29 is 23.7 Å². The molecule has 7 nitrogen and oxygen atoms in total. The highest BCUT2D eigenvalue weighted by Gasteiger charge is 2.17. The van der Waals surface area contributed by atoms with Crippen LogP contribution in [0, 0.1) is 0 Å². The van der Waals surface area contributed by atoms with Gasteiger partial charge in [-0.25, -0.2) is 4.57 Å². The van der Waals surface area contributed by atoms with Crippen LogP contribution in [0.15, 0.2) is 33.9 Å². The fourth-order valence-electron chi connectivity index (χ4n) is 0.869. The van der Waals surface area contributed by atoms with Gasteiger partial charge in [0, 0.05) is 5.28 Å². The van der Waals surface area contributed by atoms with Crippen molar-refractivity contribution in [2.24, 2.45) is 10.4 Å². The normalized spacial score (nSPS) is 22.0. The van der Waals surface area contributed by atoms with E-state index in [1.54, 1.807) is 13.0 Å². The molecule has 2 N–H and O–H groups in total. The minimum atomic E-state index is -4.62. The van der Waals surface area contributed by atoms with Crippen molar-refractivity contribution >= 4 is 7.82 Å². The maximum atomic E-state index is 10.3. The smallest absolute Gasteiger partial charge is 0.471 e. The lowest BCUT2D eigenvalue weighted by Gasteiger charge is -2.16. The molecule has 84 valence electrons. The van der Waals surface area contributed by atoms with E-state index >= 15 is 0 Å². The summed E-state index contributed by atoms with van der Waals surface area (Å²) in [5.41, 5.74) is 1.76. The third kappa shape index (κ3) is 3.83. The van der Waals surface area contributed by atoms with Crippen molar-refractivity contribution in [1.82, 2.24) is 0 Å². The van der Waals surface area contributed by atoms with E-state index in [1.807, 2.05) is 6.92 Å². The lowest BCUT2D eigenvalue weighted by Crippen LogP contribution is -2.12. The fraction of sp³-hybridized carbons (Fsp3) is 0.429. The van der Waals surface area contributed by atoms with Crippen molar-refractivity contribution in [2.75, 3.05) is 0 Å². The second-order valence-electron chi connectivity index (χ2n) is 2.93. The molecule has 1 atom stereocenters. The zero-order valence-corrected chi connectivity index (χ0v) is 9.09. The minimum absolute atomic E-state index is 0.693. The summed E-state index contributed by atoms with van der Waals surface area (Å²) in [6, 6.07) is 0. The second kappa shape index (κ2) is 4.57. The van der Waals surface area contributed by atoms with Gasteiger partial charge in [0.2, 0.25) is 6.23 Å². The summed E-state index contributed by atoms with van der Waals surface area (Å²) < 4.78 is 19.1. The Bertz CT molecular complexity index is 370. The molecule has 0 spiro atoms. The van der Waals surface area contributed by atoms with Crippen LogP contribution >= 0.6 is 7.82 Å². The van der Waals surface area contributed by atoms with Gasteiger partial charge in [-0.3, -0.25) is 14.4 Å². The average Bonchev–Trinajstić information content (AvgIpc) is 2.10. The van der Waals surface area contributed by atoms with E-state index in [4.69, 9.17) is 14.5 Å². The largest absolute Gasteiger partial charge is 0.546 e. The van der Waals surface area contributed by atoms with Crippen LogP contribution in [0.25, 0.3) is 0 Å². The van der Waals surface area contributed by atoms with Gasteiger partial charge in [-0.2, -0.15) is 0 Å². The molecule has 1 unspecified atom stereocenters. The van der Waals surface area contributed by atoms with Gasteiger partial charge in [-0.15, -0.1) is 5.11 Å². The highest BCUT2D eigenvalue weighted by Crippen LogP contribution is 2.36. The van der Waals surface area contributed by atoms with E-state index in [-0.39, 0.29) is 0 Å². The molecule has 1 aliphatic heterocycles. The molecular weight excluding hydrogens is 223 g/mol. The third-order valence-corrected chi connectivity index (χ3v) is 2.10. The monoisotopic (exact) mass is 234 g/mol. The average molecular weight is 234 g/mol. The Morgan fingerprint density at radius 3 is 2.80 bits per heavy atom. The standard InChI is InChI=1S/C7H11N2O5P/c1-5-3-4-13-7(6(5)2)8-9-14-15(10,11)12/h3-4,7H,1-2H3,(H2,10,11,12)/b9-8+. The summed E-state index contributed by atoms with van der Waals surface area (Å²) in [7, 11) is -4.62. The van der Waals surface area contributed by atoms with Crippen molar-refractivity contribution in [2.45, 2.75) is 20.1 Å². The quantitative estimate of drug-likeness (QED) is 0.439. The first kappa shape index (κ1) is 11.9. The molecule has 1 rings (SSSR count). The number of rotatable bonds is 3. The Kier molecular flexibility index (Phi) is 3.62. The molecule has 0 bridgehead atoms. The van der Waals surface area contributed by atoms with Crippen molar-refractivity contribution in [3.05, 3.63) is 23.5 Å². The zero-order chi connectivity index (χ0) is 11.5. The topological polar surface area (TPSA) is 101 Å². The minimum Gasteiger partial charge on any atom is -0.471 e. The van der Waals surface area contributed by atoms with Gasteiger partial charge >= 0.3 is 7.82 Å². The van der Waals surface area contributed by atoms with Crippen LogP contribution in [-0.4, -0.2) is 16.0 Å². The lowest BCUT2D eigenvalue weighted by atomic mass is 10.1. The molecule has 8 heteroatoms. The number of hydrogen-bond acceptors (Lipinski definition) is 5. The summed E-state index contributed by atoms with van der Waals surface area (Å²) in [6.45, 7) is 3.64. The van der Waals surface area contributed by atoms with Crippen molar-refractivity contribution in [3.8, 4) is 0 Å². The second-order valence-corrected chi connectivity index (χ2v) is 4.07.